The largest absolute Gasteiger partial charge is 0.533 e. The maximum atomic E-state index is 12.3. The molecule has 35 heavy (non-hydrogen) atoms. The molecule has 4 amide bonds. The van der Waals surface area contributed by atoms with Crippen LogP contribution in [0.1, 0.15) is 48.8 Å². The molecule has 182 valence electrons. The number of nitrogens with zero attached hydrogens (tertiary/aromatic N) is 1. The number of anilines is 1. The van der Waals surface area contributed by atoms with Gasteiger partial charge in [0.05, 0.1) is 6.42 Å². The van der Waals surface area contributed by atoms with Crippen LogP contribution in [0.15, 0.2) is 36.4 Å². The Morgan fingerprint density at radius 2 is 1.63 bits per heavy atom. The maximum Gasteiger partial charge on any atom is 0.533 e. The third kappa shape index (κ3) is 5.01. The van der Waals surface area contributed by atoms with Gasteiger partial charge in [0, 0.05) is 37.9 Å². The van der Waals surface area contributed by atoms with E-state index in [9.17, 15) is 24.0 Å². The third-order valence-corrected chi connectivity index (χ3v) is 6.00. The zero-order valence-corrected chi connectivity index (χ0v) is 19.4. The van der Waals surface area contributed by atoms with Gasteiger partial charge in [-0.1, -0.05) is 36.3 Å². The second-order valence-corrected chi connectivity index (χ2v) is 8.26. The van der Waals surface area contributed by atoms with E-state index in [2.05, 4.69) is 10.6 Å². The first kappa shape index (κ1) is 23.9. The summed E-state index contributed by atoms with van der Waals surface area (Å²) >= 11 is 0. The van der Waals surface area contributed by atoms with E-state index in [1.807, 2.05) is 30.3 Å². The minimum atomic E-state index is -1.17. The molecule has 10 heteroatoms. The van der Waals surface area contributed by atoms with Crippen molar-refractivity contribution < 1.29 is 33.5 Å². The fraction of sp³-hybridized carbons (Fsp3) is 0.320. The normalized spacial score (nSPS) is 15.9. The Labute approximate surface area is 201 Å². The van der Waals surface area contributed by atoms with Crippen LogP contribution in [0, 0.1) is 0 Å². The van der Waals surface area contributed by atoms with Gasteiger partial charge >= 0.3 is 6.16 Å². The Morgan fingerprint density at radius 1 is 0.971 bits per heavy atom. The van der Waals surface area contributed by atoms with E-state index >= 15 is 0 Å². The van der Waals surface area contributed by atoms with Gasteiger partial charge in [-0.15, -0.1) is 0 Å². The number of hydrogen-bond donors (Lipinski definition) is 2. The molecule has 1 unspecified atom stereocenters. The lowest BCUT2D eigenvalue weighted by Crippen LogP contribution is -2.32. The summed E-state index contributed by atoms with van der Waals surface area (Å²) in [5.74, 6) is -1.89. The van der Waals surface area contributed by atoms with Crippen molar-refractivity contribution in [2.75, 3.05) is 19.0 Å². The van der Waals surface area contributed by atoms with Crippen molar-refractivity contribution in [1.29, 1.82) is 0 Å². The summed E-state index contributed by atoms with van der Waals surface area (Å²) < 4.78 is 5.31. The number of nitrogens with one attached hydrogen (secondary N) is 2. The van der Waals surface area contributed by atoms with Crippen LogP contribution in [0.25, 0.3) is 11.1 Å². The number of hydrogen-bond acceptors (Lipinski definition) is 7. The molecule has 2 aliphatic rings. The number of carbonyl (C=O) groups excluding carboxylic acids is 5. The molecule has 1 saturated heterocycles. The van der Waals surface area contributed by atoms with Crippen molar-refractivity contribution in [2.24, 2.45) is 0 Å². The number of rotatable bonds is 7. The lowest BCUT2D eigenvalue weighted by molar-refractivity contribution is -0.177. The van der Waals surface area contributed by atoms with Crippen LogP contribution in [0.3, 0.4) is 0 Å². The number of ether oxygens (including phenoxy) is 1. The molecule has 2 aromatic carbocycles. The van der Waals surface area contributed by atoms with Gasteiger partial charge in [-0.25, -0.2) is 4.79 Å². The molecule has 0 saturated carbocycles. The van der Waals surface area contributed by atoms with Gasteiger partial charge in [0.15, 0.2) is 0 Å². The molecule has 1 atom stereocenters. The summed E-state index contributed by atoms with van der Waals surface area (Å²) in [4.78, 5) is 64.3. The van der Waals surface area contributed by atoms with Crippen LogP contribution in [0.2, 0.25) is 0 Å². The van der Waals surface area contributed by atoms with Crippen molar-refractivity contribution in [3.8, 4) is 11.1 Å². The SMILES string of the molecule is CCC(=O)Nc1ccc2c(c1)C(COC(=O)ON1C(=O)CCC1=O)c1cc(CC(=O)NC)ccc1-2. The summed E-state index contributed by atoms with van der Waals surface area (Å²) in [6, 6.07) is 11.2. The zero-order valence-electron chi connectivity index (χ0n) is 19.4. The van der Waals surface area contributed by atoms with E-state index in [0.717, 1.165) is 27.8 Å². The first-order valence-electron chi connectivity index (χ1n) is 11.3. The minimum Gasteiger partial charge on any atom is -0.432 e. The Balaban J connectivity index is 1.60. The van der Waals surface area contributed by atoms with Crippen LogP contribution in [-0.4, -0.2) is 48.5 Å². The van der Waals surface area contributed by atoms with Crippen LogP contribution in [0.5, 0.6) is 0 Å². The number of hydroxylamine groups is 2. The molecule has 1 aliphatic carbocycles. The van der Waals surface area contributed by atoms with Gasteiger partial charge in [-0.05, 0) is 39.9 Å². The van der Waals surface area contributed by atoms with Crippen LogP contribution in [0.4, 0.5) is 10.5 Å². The van der Waals surface area contributed by atoms with Crippen molar-refractivity contribution >= 4 is 35.5 Å². The van der Waals surface area contributed by atoms with Crippen molar-refractivity contribution in [3.63, 3.8) is 0 Å². The molecule has 0 bridgehead atoms. The Kier molecular flexibility index (Phi) is 6.81. The first-order valence-corrected chi connectivity index (χ1v) is 11.3. The highest BCUT2D eigenvalue weighted by atomic mass is 16.8. The number of benzene rings is 2. The zero-order chi connectivity index (χ0) is 25.1. The van der Waals surface area contributed by atoms with Crippen LogP contribution < -0.4 is 10.6 Å². The van der Waals surface area contributed by atoms with Crippen molar-refractivity contribution in [1.82, 2.24) is 10.4 Å². The molecule has 0 radical (unpaired) electrons. The smallest absolute Gasteiger partial charge is 0.432 e. The van der Waals surface area contributed by atoms with Crippen molar-refractivity contribution in [2.45, 2.75) is 38.5 Å². The number of likely N-dealkylation sites (N-methyl/N-ethyl adjacent to an activating group) is 1. The fourth-order valence-corrected chi connectivity index (χ4v) is 4.21. The number of amides is 4. The average molecular weight is 479 g/mol. The second-order valence-electron chi connectivity index (χ2n) is 8.26. The standard InChI is InChI=1S/C25H25N3O7/c1-3-21(29)27-15-5-7-17-16-6-4-14(11-22(30)26-2)10-18(16)20(19(17)12-15)13-34-25(33)35-28-23(31)8-9-24(28)32/h4-7,10,12,20H,3,8-9,11,13H2,1-2H3,(H,26,30)(H,27,29). The monoisotopic (exact) mass is 479 g/mol. The van der Waals surface area contributed by atoms with E-state index in [1.54, 1.807) is 20.0 Å². The molecule has 2 aromatic rings. The molecular formula is C25H25N3O7. The van der Waals surface area contributed by atoms with Gasteiger partial charge < -0.3 is 15.4 Å². The molecule has 1 aliphatic heterocycles. The van der Waals surface area contributed by atoms with Gasteiger partial charge in [0.2, 0.25) is 11.8 Å². The van der Waals surface area contributed by atoms with Gasteiger partial charge in [-0.3, -0.25) is 24.0 Å². The number of fused-ring (bicyclic) bond motifs is 3. The van der Waals surface area contributed by atoms with E-state index in [1.165, 1.54) is 0 Å². The topological polar surface area (TPSA) is 131 Å². The van der Waals surface area contributed by atoms with Crippen LogP contribution in [-0.2, 0) is 35.2 Å². The number of imide groups is 1. The quantitative estimate of drug-likeness (QED) is 0.461. The second kappa shape index (κ2) is 9.96. The van der Waals surface area contributed by atoms with Gasteiger partial charge in [0.1, 0.15) is 6.61 Å². The van der Waals surface area contributed by atoms with E-state index in [-0.39, 0.29) is 37.7 Å². The first-order chi connectivity index (χ1) is 16.8. The minimum absolute atomic E-state index is 0.0180. The predicted molar refractivity (Wildman–Crippen MR) is 124 cm³/mol. The molecule has 4 rings (SSSR count). The van der Waals surface area contributed by atoms with E-state index < -0.39 is 23.9 Å². The summed E-state index contributed by atoms with van der Waals surface area (Å²) in [5.41, 5.74) is 4.90. The van der Waals surface area contributed by atoms with Gasteiger partial charge in [0.25, 0.3) is 11.8 Å². The average Bonchev–Trinajstić information content (AvgIpc) is 3.33. The van der Waals surface area contributed by atoms with Crippen LogP contribution >= 0.6 is 0 Å². The maximum absolute atomic E-state index is 12.3. The Bertz CT molecular complexity index is 1140. The summed E-state index contributed by atoms with van der Waals surface area (Å²) in [5, 5.41) is 5.86. The number of carbonyl (C=O) groups is 5. The lowest BCUT2D eigenvalue weighted by Gasteiger charge is -2.17. The van der Waals surface area contributed by atoms with Crippen molar-refractivity contribution in [3.05, 3.63) is 53.1 Å². The molecule has 1 heterocycles. The molecule has 0 spiro atoms. The summed E-state index contributed by atoms with van der Waals surface area (Å²) in [7, 11) is 1.57. The molecule has 10 nitrogen and oxygen atoms in total. The summed E-state index contributed by atoms with van der Waals surface area (Å²) in [6.45, 7) is 1.62. The highest BCUT2D eigenvalue weighted by molar-refractivity contribution is 6.01. The predicted octanol–water partition coefficient (Wildman–Crippen LogP) is 2.65. The van der Waals surface area contributed by atoms with E-state index in [4.69, 9.17) is 9.57 Å². The van der Waals surface area contributed by atoms with Gasteiger partial charge in [-0.2, -0.15) is 0 Å². The highest BCUT2D eigenvalue weighted by Crippen LogP contribution is 2.46. The van der Waals surface area contributed by atoms with E-state index in [0.29, 0.717) is 17.2 Å². The fourth-order valence-electron chi connectivity index (χ4n) is 4.21. The highest BCUT2D eigenvalue weighted by Gasteiger charge is 2.35. The molecule has 0 aromatic heterocycles. The molecule has 1 fully saturated rings. The lowest BCUT2D eigenvalue weighted by atomic mass is 9.95. The molecule has 2 N–H and O–H groups in total. The Hall–Kier alpha value is -4.21. The molecular weight excluding hydrogens is 454 g/mol. The third-order valence-electron chi connectivity index (χ3n) is 6.00. The Morgan fingerprint density at radius 3 is 2.29 bits per heavy atom. The summed E-state index contributed by atoms with van der Waals surface area (Å²) in [6.07, 6.45) is -0.689.